The number of nitro benzene ring substituents is 1. The molecule has 1 saturated heterocycles. The van der Waals surface area contributed by atoms with Crippen LogP contribution >= 0.6 is 11.6 Å². The molecule has 2 aromatic carbocycles. The van der Waals surface area contributed by atoms with Crippen molar-refractivity contribution in [2.45, 2.75) is 17.7 Å². The number of carbonyl (C=O) groups excluding carboxylic acids is 1. The third kappa shape index (κ3) is 4.43. The SMILES string of the molecule is COc1ccc(S(=O)(=O)Nc2ccc(Cl)cc2C(=O)N2CCCC2)cc1[N+](=O)[O-]. The average molecular weight is 440 g/mol. The van der Waals surface area contributed by atoms with Gasteiger partial charge in [0.15, 0.2) is 5.75 Å². The monoisotopic (exact) mass is 439 g/mol. The van der Waals surface area contributed by atoms with Gasteiger partial charge < -0.3 is 9.64 Å². The van der Waals surface area contributed by atoms with E-state index < -0.39 is 20.6 Å². The molecule has 3 rings (SSSR count). The molecule has 1 N–H and O–H groups in total. The van der Waals surface area contributed by atoms with E-state index in [-0.39, 0.29) is 32.8 Å². The van der Waals surface area contributed by atoms with Crippen LogP contribution in [0.3, 0.4) is 0 Å². The number of anilines is 1. The van der Waals surface area contributed by atoms with Crippen LogP contribution in [0.2, 0.25) is 5.02 Å². The number of sulfonamides is 1. The molecule has 0 aliphatic carbocycles. The maximum atomic E-state index is 12.8. The zero-order valence-electron chi connectivity index (χ0n) is 15.4. The van der Waals surface area contributed by atoms with Crippen molar-refractivity contribution >= 4 is 38.9 Å². The summed E-state index contributed by atoms with van der Waals surface area (Å²) in [6.45, 7) is 1.17. The molecule has 1 fully saturated rings. The number of nitrogens with one attached hydrogen (secondary N) is 1. The lowest BCUT2D eigenvalue weighted by Gasteiger charge is -2.18. The Morgan fingerprint density at radius 3 is 2.52 bits per heavy atom. The smallest absolute Gasteiger partial charge is 0.312 e. The van der Waals surface area contributed by atoms with E-state index in [4.69, 9.17) is 16.3 Å². The van der Waals surface area contributed by atoms with Crippen molar-refractivity contribution in [3.8, 4) is 5.75 Å². The molecule has 0 atom stereocenters. The Morgan fingerprint density at radius 2 is 1.90 bits per heavy atom. The molecule has 0 unspecified atom stereocenters. The molecule has 1 aliphatic heterocycles. The van der Waals surface area contributed by atoms with Crippen molar-refractivity contribution in [2.24, 2.45) is 0 Å². The van der Waals surface area contributed by atoms with Crippen LogP contribution in [0.5, 0.6) is 5.75 Å². The number of likely N-dealkylation sites (tertiary alicyclic amines) is 1. The maximum absolute atomic E-state index is 12.8. The Balaban J connectivity index is 1.98. The van der Waals surface area contributed by atoms with Gasteiger partial charge in [-0.3, -0.25) is 19.6 Å². The van der Waals surface area contributed by atoms with Gasteiger partial charge in [-0.2, -0.15) is 0 Å². The summed E-state index contributed by atoms with van der Waals surface area (Å²) in [6, 6.07) is 7.53. The van der Waals surface area contributed by atoms with E-state index in [9.17, 15) is 23.3 Å². The molecule has 1 heterocycles. The maximum Gasteiger partial charge on any atom is 0.312 e. The number of carbonyl (C=O) groups is 1. The molecule has 1 aliphatic rings. The van der Waals surface area contributed by atoms with E-state index in [1.807, 2.05) is 0 Å². The van der Waals surface area contributed by atoms with Gasteiger partial charge in [0.2, 0.25) is 0 Å². The summed E-state index contributed by atoms with van der Waals surface area (Å²) in [4.78, 5) is 24.5. The Bertz CT molecular complexity index is 1070. The Morgan fingerprint density at radius 1 is 1.21 bits per heavy atom. The van der Waals surface area contributed by atoms with E-state index in [1.54, 1.807) is 4.90 Å². The second kappa shape index (κ2) is 8.26. The molecule has 0 spiro atoms. The molecule has 0 bridgehead atoms. The first kappa shape index (κ1) is 20.9. The largest absolute Gasteiger partial charge is 0.490 e. The van der Waals surface area contributed by atoms with Gasteiger partial charge in [-0.15, -0.1) is 0 Å². The number of amides is 1. The van der Waals surface area contributed by atoms with Crippen LogP contribution in [0.25, 0.3) is 0 Å². The summed E-state index contributed by atoms with van der Waals surface area (Å²) in [6.07, 6.45) is 1.76. The minimum atomic E-state index is -4.21. The average Bonchev–Trinajstić information content (AvgIpc) is 3.22. The van der Waals surface area contributed by atoms with Crippen LogP contribution in [0.15, 0.2) is 41.3 Å². The predicted octanol–water partition coefficient (Wildman–Crippen LogP) is 3.29. The fraction of sp³-hybridized carbons (Fsp3) is 0.278. The first-order valence-corrected chi connectivity index (χ1v) is 10.5. The van der Waals surface area contributed by atoms with Crippen molar-refractivity contribution < 1.29 is 22.9 Å². The lowest BCUT2D eigenvalue weighted by molar-refractivity contribution is -0.386. The number of hydrogen-bond donors (Lipinski definition) is 1. The van der Waals surface area contributed by atoms with Crippen molar-refractivity contribution in [2.75, 3.05) is 24.9 Å². The van der Waals surface area contributed by atoms with Gasteiger partial charge >= 0.3 is 5.69 Å². The van der Waals surface area contributed by atoms with E-state index in [1.165, 1.54) is 37.4 Å². The Kier molecular flexibility index (Phi) is 5.94. The van der Waals surface area contributed by atoms with Crippen molar-refractivity contribution in [3.05, 3.63) is 57.1 Å². The summed E-state index contributed by atoms with van der Waals surface area (Å²) < 4.78 is 32.9. The quantitative estimate of drug-likeness (QED) is 0.544. The molecular weight excluding hydrogens is 422 g/mol. The van der Waals surface area contributed by atoms with E-state index in [0.717, 1.165) is 18.9 Å². The van der Waals surface area contributed by atoms with Crippen LogP contribution in [0.1, 0.15) is 23.2 Å². The van der Waals surface area contributed by atoms with Crippen LogP contribution in [0.4, 0.5) is 11.4 Å². The zero-order chi connectivity index (χ0) is 21.2. The molecule has 0 radical (unpaired) electrons. The number of nitrogens with zero attached hydrogens (tertiary/aromatic N) is 2. The highest BCUT2D eigenvalue weighted by molar-refractivity contribution is 7.92. The van der Waals surface area contributed by atoms with Gasteiger partial charge in [0.25, 0.3) is 15.9 Å². The fourth-order valence-corrected chi connectivity index (χ4v) is 4.33. The molecular formula is C18H18ClN3O6S. The number of benzene rings is 2. The highest BCUT2D eigenvalue weighted by Crippen LogP contribution is 2.31. The molecule has 154 valence electrons. The normalized spacial score (nSPS) is 13.9. The second-order valence-corrected chi connectivity index (χ2v) is 8.50. The molecule has 2 aromatic rings. The fourth-order valence-electron chi connectivity index (χ4n) is 3.06. The minimum absolute atomic E-state index is 0.0461. The number of methoxy groups -OCH3 is 1. The van der Waals surface area contributed by atoms with Crippen LogP contribution in [-0.2, 0) is 10.0 Å². The molecule has 0 saturated carbocycles. The predicted molar refractivity (Wildman–Crippen MR) is 107 cm³/mol. The minimum Gasteiger partial charge on any atom is -0.490 e. The first-order chi connectivity index (χ1) is 13.7. The van der Waals surface area contributed by atoms with Gasteiger partial charge in [-0.1, -0.05) is 11.6 Å². The standard InChI is InChI=1S/C18H18ClN3O6S/c1-28-17-7-5-13(11-16(17)22(24)25)29(26,27)20-15-6-4-12(19)10-14(15)18(23)21-8-2-3-9-21/h4-7,10-11,20H,2-3,8-9H2,1H3. The molecule has 29 heavy (non-hydrogen) atoms. The summed E-state index contributed by atoms with van der Waals surface area (Å²) >= 11 is 6.01. The van der Waals surface area contributed by atoms with Crippen molar-refractivity contribution in [1.82, 2.24) is 4.90 Å². The van der Waals surface area contributed by atoms with Gasteiger partial charge in [-0.25, -0.2) is 8.42 Å². The number of hydrogen-bond acceptors (Lipinski definition) is 6. The number of rotatable bonds is 6. The van der Waals surface area contributed by atoms with Crippen molar-refractivity contribution in [1.29, 1.82) is 0 Å². The Hall–Kier alpha value is -2.85. The highest BCUT2D eigenvalue weighted by Gasteiger charge is 2.26. The highest BCUT2D eigenvalue weighted by atomic mass is 35.5. The van der Waals surface area contributed by atoms with E-state index in [0.29, 0.717) is 13.1 Å². The summed E-state index contributed by atoms with van der Waals surface area (Å²) in [5.41, 5.74) is -0.324. The lowest BCUT2D eigenvalue weighted by Crippen LogP contribution is -2.29. The third-order valence-electron chi connectivity index (χ3n) is 4.51. The van der Waals surface area contributed by atoms with Gasteiger partial charge in [0, 0.05) is 24.2 Å². The lowest BCUT2D eigenvalue weighted by atomic mass is 10.1. The Labute approximate surface area is 172 Å². The number of halogens is 1. The second-order valence-electron chi connectivity index (χ2n) is 6.39. The molecule has 1 amide bonds. The van der Waals surface area contributed by atoms with Gasteiger partial charge in [0.1, 0.15) is 0 Å². The number of nitro groups is 1. The van der Waals surface area contributed by atoms with Gasteiger partial charge in [0.05, 0.1) is 28.2 Å². The van der Waals surface area contributed by atoms with E-state index >= 15 is 0 Å². The molecule has 9 nitrogen and oxygen atoms in total. The first-order valence-electron chi connectivity index (χ1n) is 8.67. The number of ether oxygens (including phenoxy) is 1. The van der Waals surface area contributed by atoms with Crippen LogP contribution < -0.4 is 9.46 Å². The van der Waals surface area contributed by atoms with Gasteiger partial charge in [-0.05, 0) is 43.2 Å². The van der Waals surface area contributed by atoms with Crippen LogP contribution in [-0.4, -0.2) is 44.3 Å². The molecule has 11 heteroatoms. The molecule has 0 aromatic heterocycles. The topological polar surface area (TPSA) is 119 Å². The van der Waals surface area contributed by atoms with E-state index in [2.05, 4.69) is 4.72 Å². The zero-order valence-corrected chi connectivity index (χ0v) is 17.0. The summed E-state index contributed by atoms with van der Waals surface area (Å²) in [5, 5.41) is 11.5. The summed E-state index contributed by atoms with van der Waals surface area (Å²) in [5.74, 6) is -0.395. The third-order valence-corrected chi connectivity index (χ3v) is 6.11. The summed E-state index contributed by atoms with van der Waals surface area (Å²) in [7, 11) is -2.96. The van der Waals surface area contributed by atoms with Crippen molar-refractivity contribution in [3.63, 3.8) is 0 Å². The van der Waals surface area contributed by atoms with Crippen LogP contribution in [0, 0.1) is 10.1 Å².